The zero-order valence-electron chi connectivity index (χ0n) is 14.0. The minimum atomic E-state index is -0.553. The van der Waals surface area contributed by atoms with E-state index >= 15 is 0 Å². The van der Waals surface area contributed by atoms with Crippen molar-refractivity contribution in [2.24, 2.45) is 5.92 Å². The van der Waals surface area contributed by atoms with Crippen LogP contribution in [0.5, 0.6) is 5.75 Å². The molecule has 0 fully saturated rings. The number of esters is 1. The Balaban J connectivity index is 2.16. The summed E-state index contributed by atoms with van der Waals surface area (Å²) in [7, 11) is 0. The molecule has 0 saturated carbocycles. The molecule has 5 nitrogen and oxygen atoms in total. The fourth-order valence-electron chi connectivity index (χ4n) is 2.42. The van der Waals surface area contributed by atoms with Crippen molar-refractivity contribution in [3.05, 3.63) is 51.9 Å². The summed E-state index contributed by atoms with van der Waals surface area (Å²) in [5.41, 5.74) is 0.958. The normalized spacial score (nSPS) is 11.2. The zero-order valence-corrected chi connectivity index (χ0v) is 14.0. The van der Waals surface area contributed by atoms with E-state index in [9.17, 15) is 9.59 Å². The van der Waals surface area contributed by atoms with Crippen molar-refractivity contribution in [3.8, 4) is 17.3 Å². The molecule has 0 saturated heterocycles. The van der Waals surface area contributed by atoms with E-state index in [1.807, 2.05) is 24.3 Å². The Morgan fingerprint density at radius 3 is 2.46 bits per heavy atom. The third-order valence-corrected chi connectivity index (χ3v) is 3.85. The summed E-state index contributed by atoms with van der Waals surface area (Å²) in [5.74, 6) is 0.231. The van der Waals surface area contributed by atoms with E-state index in [4.69, 9.17) is 13.6 Å². The minimum Gasteiger partial charge on any atom is -0.453 e. The van der Waals surface area contributed by atoms with E-state index in [0.717, 1.165) is 5.39 Å². The van der Waals surface area contributed by atoms with Gasteiger partial charge in [-0.2, -0.15) is 0 Å². The molecule has 0 aliphatic carbocycles. The van der Waals surface area contributed by atoms with Crippen molar-refractivity contribution in [1.82, 2.24) is 0 Å². The Labute approximate surface area is 138 Å². The Hall–Kier alpha value is -2.82. The largest absolute Gasteiger partial charge is 0.453 e. The van der Waals surface area contributed by atoms with Crippen LogP contribution in [0.2, 0.25) is 0 Å². The van der Waals surface area contributed by atoms with Crippen molar-refractivity contribution in [2.75, 3.05) is 0 Å². The van der Waals surface area contributed by atoms with Crippen molar-refractivity contribution in [1.29, 1.82) is 0 Å². The number of carbonyl (C=O) groups excluding carboxylic acids is 1. The molecule has 124 valence electrons. The number of hydrogen-bond donors (Lipinski definition) is 0. The lowest BCUT2D eigenvalue weighted by Crippen LogP contribution is -2.18. The molecule has 3 aromatic rings. The summed E-state index contributed by atoms with van der Waals surface area (Å²) in [5, 5.41) is 0.899. The van der Waals surface area contributed by atoms with Gasteiger partial charge in [0.2, 0.25) is 0 Å². The van der Waals surface area contributed by atoms with Gasteiger partial charge in [0.05, 0.1) is 11.5 Å². The summed E-state index contributed by atoms with van der Waals surface area (Å²) in [6, 6.07) is 9.30. The van der Waals surface area contributed by atoms with E-state index in [1.54, 1.807) is 33.8 Å². The number of fused-ring (bicyclic) bond motifs is 1. The molecule has 0 aliphatic heterocycles. The van der Waals surface area contributed by atoms with Crippen molar-refractivity contribution >= 4 is 16.9 Å². The predicted octanol–water partition coefficient (Wildman–Crippen LogP) is 4.23. The predicted molar refractivity (Wildman–Crippen MR) is 90.1 cm³/mol. The molecule has 1 aromatic carbocycles. The quantitative estimate of drug-likeness (QED) is 0.674. The molecule has 5 heteroatoms. The van der Waals surface area contributed by atoms with Crippen LogP contribution in [-0.4, -0.2) is 5.97 Å². The lowest BCUT2D eigenvalue weighted by molar-refractivity contribution is -0.137. The lowest BCUT2D eigenvalue weighted by Gasteiger charge is -2.12. The molecule has 24 heavy (non-hydrogen) atoms. The maximum atomic E-state index is 12.2. The van der Waals surface area contributed by atoms with E-state index in [1.165, 1.54) is 0 Å². The third-order valence-electron chi connectivity index (χ3n) is 3.85. The van der Waals surface area contributed by atoms with Crippen molar-refractivity contribution < 1.29 is 18.4 Å². The van der Waals surface area contributed by atoms with E-state index in [-0.39, 0.29) is 23.0 Å². The molecule has 0 radical (unpaired) electrons. The molecule has 0 N–H and O–H groups in total. The molecule has 0 atom stereocenters. The number of furan rings is 1. The van der Waals surface area contributed by atoms with Crippen molar-refractivity contribution in [2.45, 2.75) is 27.7 Å². The van der Waals surface area contributed by atoms with Crippen LogP contribution < -0.4 is 10.4 Å². The summed E-state index contributed by atoms with van der Waals surface area (Å²) in [6.07, 6.45) is 0. The summed E-state index contributed by atoms with van der Waals surface area (Å²) < 4.78 is 16.6. The van der Waals surface area contributed by atoms with Gasteiger partial charge in [0.25, 0.3) is 0 Å². The van der Waals surface area contributed by atoms with Crippen LogP contribution in [0.4, 0.5) is 0 Å². The highest BCUT2D eigenvalue weighted by atomic mass is 16.5. The lowest BCUT2D eigenvalue weighted by atomic mass is 10.1. The van der Waals surface area contributed by atoms with Gasteiger partial charge in [-0.25, -0.2) is 4.79 Å². The average molecular weight is 326 g/mol. The maximum absolute atomic E-state index is 12.2. The molecule has 2 heterocycles. The molecule has 3 rings (SSSR count). The molecule has 0 bridgehead atoms. The minimum absolute atomic E-state index is 0.236. The van der Waals surface area contributed by atoms with Crippen LogP contribution >= 0.6 is 0 Å². The molecular weight excluding hydrogens is 308 g/mol. The van der Waals surface area contributed by atoms with Crippen LogP contribution in [-0.2, 0) is 4.79 Å². The highest BCUT2D eigenvalue weighted by Crippen LogP contribution is 2.34. The SMILES string of the molecule is Cc1c(-c2cc3ccccc3o2)oc(=O)c(C)c1OC(=O)C(C)C. The number of benzene rings is 1. The summed E-state index contributed by atoms with van der Waals surface area (Å²) in [4.78, 5) is 24.1. The Kier molecular flexibility index (Phi) is 4.01. The van der Waals surface area contributed by atoms with E-state index in [0.29, 0.717) is 16.9 Å². The van der Waals surface area contributed by atoms with Crippen molar-refractivity contribution in [3.63, 3.8) is 0 Å². The van der Waals surface area contributed by atoms with Crippen LogP contribution in [0.1, 0.15) is 25.0 Å². The Bertz CT molecular complexity index is 942. The first kappa shape index (κ1) is 16.1. The van der Waals surface area contributed by atoms with Gasteiger partial charge in [0.1, 0.15) is 11.3 Å². The average Bonchev–Trinajstić information content (AvgIpc) is 2.98. The second kappa shape index (κ2) is 6.00. The second-order valence-corrected chi connectivity index (χ2v) is 6.02. The Morgan fingerprint density at radius 1 is 1.08 bits per heavy atom. The van der Waals surface area contributed by atoms with Crippen LogP contribution in [0.15, 0.2) is 44.0 Å². The molecule has 2 aromatic heterocycles. The van der Waals surface area contributed by atoms with E-state index < -0.39 is 11.6 Å². The molecule has 0 spiro atoms. The van der Waals surface area contributed by atoms with Gasteiger partial charge in [-0.05, 0) is 26.0 Å². The highest BCUT2D eigenvalue weighted by Gasteiger charge is 2.22. The number of carbonyl (C=O) groups is 1. The van der Waals surface area contributed by atoms with E-state index in [2.05, 4.69) is 0 Å². The first-order valence-corrected chi connectivity index (χ1v) is 7.73. The molecule has 0 amide bonds. The number of rotatable bonds is 3. The summed E-state index contributed by atoms with van der Waals surface area (Å²) in [6.45, 7) is 6.78. The third kappa shape index (κ3) is 2.73. The monoisotopic (exact) mass is 326 g/mol. The number of ether oxygens (including phenoxy) is 1. The first-order chi connectivity index (χ1) is 11.4. The zero-order chi connectivity index (χ0) is 17.4. The van der Waals surface area contributed by atoms with Gasteiger partial charge >= 0.3 is 11.6 Å². The topological polar surface area (TPSA) is 69.7 Å². The summed E-state index contributed by atoms with van der Waals surface area (Å²) >= 11 is 0. The van der Waals surface area contributed by atoms with Gasteiger partial charge in [-0.3, -0.25) is 4.79 Å². The molecule has 0 aliphatic rings. The maximum Gasteiger partial charge on any atom is 0.343 e. The van der Waals surface area contributed by atoms with Gasteiger partial charge in [-0.15, -0.1) is 0 Å². The van der Waals surface area contributed by atoms with Crippen LogP contribution in [0.3, 0.4) is 0 Å². The number of hydrogen-bond acceptors (Lipinski definition) is 5. The highest BCUT2D eigenvalue weighted by molar-refractivity contribution is 5.83. The number of para-hydroxylation sites is 1. The van der Waals surface area contributed by atoms with Crippen LogP contribution in [0.25, 0.3) is 22.5 Å². The first-order valence-electron chi connectivity index (χ1n) is 7.73. The fraction of sp³-hybridized carbons (Fsp3) is 0.263. The standard InChI is InChI=1S/C19H18O5/c1-10(2)18(20)23-16-11(3)17(24-19(21)12(16)4)15-9-13-7-5-6-8-14(13)22-15/h5-10H,1-4H3. The van der Waals surface area contributed by atoms with Crippen LogP contribution in [0, 0.1) is 19.8 Å². The van der Waals surface area contributed by atoms with Gasteiger partial charge in [0.15, 0.2) is 11.5 Å². The van der Waals surface area contributed by atoms with Gasteiger partial charge in [-0.1, -0.05) is 32.0 Å². The van der Waals surface area contributed by atoms with Gasteiger partial charge in [0, 0.05) is 10.9 Å². The van der Waals surface area contributed by atoms with Gasteiger partial charge < -0.3 is 13.6 Å². The fourth-order valence-corrected chi connectivity index (χ4v) is 2.42. The molecule has 0 unspecified atom stereocenters. The second-order valence-electron chi connectivity index (χ2n) is 6.02. The smallest absolute Gasteiger partial charge is 0.343 e. The molecular formula is C19H18O5. The Morgan fingerprint density at radius 2 is 1.79 bits per heavy atom.